The Bertz CT molecular complexity index is 1350. The minimum Gasteiger partial charge on any atom is -0.481 e. The largest absolute Gasteiger partial charge is 0.481 e. The van der Waals surface area contributed by atoms with E-state index >= 15 is 0 Å². The van der Waals surface area contributed by atoms with Crippen molar-refractivity contribution in [3.63, 3.8) is 0 Å². The third kappa shape index (κ3) is 5.67. The molecule has 1 saturated carbocycles. The molecule has 11 heteroatoms. The molecule has 37 heavy (non-hydrogen) atoms. The SMILES string of the molecule is C=C(C)c1cc(Nc2nccc(C(F)(F)F)n2)cc(-c2cnc([C@@]3(O)CC[C@H](C(=O)O)C(C)(C)C3)s2)c1. The highest BCUT2D eigenvalue weighted by Gasteiger charge is 2.49. The van der Waals surface area contributed by atoms with Crippen LogP contribution in [0.4, 0.5) is 24.8 Å². The summed E-state index contributed by atoms with van der Waals surface area (Å²) in [5, 5.41) is 24.3. The van der Waals surface area contributed by atoms with Gasteiger partial charge in [-0.05, 0) is 67.0 Å². The van der Waals surface area contributed by atoms with Crippen LogP contribution in [0, 0.1) is 11.3 Å². The number of aliphatic carboxylic acids is 1. The number of nitrogens with one attached hydrogen (secondary N) is 1. The van der Waals surface area contributed by atoms with Gasteiger partial charge >= 0.3 is 12.1 Å². The molecule has 2 heterocycles. The number of hydrogen-bond donors (Lipinski definition) is 3. The number of rotatable bonds is 6. The molecular weight excluding hydrogens is 505 g/mol. The number of hydrogen-bond acceptors (Lipinski definition) is 7. The normalized spacial score (nSPS) is 21.4. The Morgan fingerprint density at radius 3 is 2.59 bits per heavy atom. The van der Waals surface area contributed by atoms with Crippen LogP contribution in [0.5, 0.6) is 0 Å². The Labute approximate surface area is 216 Å². The molecule has 2 aromatic heterocycles. The van der Waals surface area contributed by atoms with Gasteiger partial charge in [-0.1, -0.05) is 26.0 Å². The Morgan fingerprint density at radius 1 is 1.24 bits per heavy atom. The van der Waals surface area contributed by atoms with Gasteiger partial charge in [0.05, 0.1) is 10.8 Å². The first-order valence-corrected chi connectivity index (χ1v) is 12.4. The fraction of sp³-hybridized carbons (Fsp3) is 0.385. The molecule has 1 aliphatic carbocycles. The summed E-state index contributed by atoms with van der Waals surface area (Å²) in [6.07, 6.45) is -1.04. The van der Waals surface area contributed by atoms with Gasteiger partial charge in [0.15, 0.2) is 0 Å². The molecule has 0 amide bonds. The zero-order chi connectivity index (χ0) is 27.2. The van der Waals surface area contributed by atoms with E-state index in [0.29, 0.717) is 17.1 Å². The van der Waals surface area contributed by atoms with Gasteiger partial charge in [-0.3, -0.25) is 4.79 Å². The monoisotopic (exact) mass is 532 g/mol. The second-order valence-corrected chi connectivity index (χ2v) is 11.2. The van der Waals surface area contributed by atoms with Crippen LogP contribution in [0.2, 0.25) is 0 Å². The summed E-state index contributed by atoms with van der Waals surface area (Å²) in [6, 6.07) is 6.16. The molecule has 4 rings (SSSR count). The molecule has 196 valence electrons. The first-order chi connectivity index (χ1) is 17.2. The van der Waals surface area contributed by atoms with Crippen LogP contribution in [0.3, 0.4) is 0 Å². The van der Waals surface area contributed by atoms with Crippen molar-refractivity contribution in [1.29, 1.82) is 0 Å². The van der Waals surface area contributed by atoms with E-state index in [0.717, 1.165) is 33.8 Å². The summed E-state index contributed by atoms with van der Waals surface area (Å²) < 4.78 is 39.2. The second kappa shape index (κ2) is 9.53. The highest BCUT2D eigenvalue weighted by Crippen LogP contribution is 2.51. The zero-order valence-corrected chi connectivity index (χ0v) is 21.4. The number of aromatic nitrogens is 3. The van der Waals surface area contributed by atoms with Crippen molar-refractivity contribution < 1.29 is 28.2 Å². The zero-order valence-electron chi connectivity index (χ0n) is 20.6. The van der Waals surface area contributed by atoms with Gasteiger partial charge in [0.25, 0.3) is 0 Å². The minimum atomic E-state index is -4.60. The summed E-state index contributed by atoms with van der Waals surface area (Å²) in [5.41, 5.74) is -0.241. The molecule has 1 aromatic carbocycles. The number of carbonyl (C=O) groups is 1. The summed E-state index contributed by atoms with van der Waals surface area (Å²) in [4.78, 5) is 24.3. The summed E-state index contributed by atoms with van der Waals surface area (Å²) >= 11 is 1.30. The molecule has 0 saturated heterocycles. The van der Waals surface area contributed by atoms with Crippen LogP contribution < -0.4 is 5.32 Å². The summed E-state index contributed by atoms with van der Waals surface area (Å²) in [7, 11) is 0. The fourth-order valence-electron chi connectivity index (χ4n) is 4.80. The molecule has 0 unspecified atom stereocenters. The van der Waals surface area contributed by atoms with Gasteiger partial charge in [-0.2, -0.15) is 13.2 Å². The maximum Gasteiger partial charge on any atom is 0.433 e. The van der Waals surface area contributed by atoms with Crippen molar-refractivity contribution in [1.82, 2.24) is 15.0 Å². The number of allylic oxidation sites excluding steroid dienone is 1. The van der Waals surface area contributed by atoms with Crippen molar-refractivity contribution in [2.75, 3.05) is 5.32 Å². The molecule has 0 spiro atoms. The molecule has 1 aliphatic rings. The van der Waals surface area contributed by atoms with E-state index in [1.807, 2.05) is 26.8 Å². The molecule has 0 bridgehead atoms. The standard InChI is InChI=1S/C26H27F3N4O3S/c1-14(2)15-9-16(11-17(10-15)32-23-30-8-6-20(33-23)26(27,28)29)19-12-31-22(37-19)25(36)7-5-18(21(34)35)24(3,4)13-25/h6,8-12,18,36H,1,5,7,13H2,2-4H3,(H,34,35)(H,30,32,33)/t18-,25-/m1/s1. The average molecular weight is 533 g/mol. The van der Waals surface area contributed by atoms with E-state index in [2.05, 4.69) is 26.8 Å². The number of carboxylic acid groups (broad SMARTS) is 1. The number of carboxylic acids is 1. The van der Waals surface area contributed by atoms with Gasteiger partial charge in [0.1, 0.15) is 16.3 Å². The van der Waals surface area contributed by atoms with Gasteiger partial charge < -0.3 is 15.5 Å². The van der Waals surface area contributed by atoms with E-state index in [1.54, 1.807) is 18.3 Å². The Kier molecular flexibility index (Phi) is 6.89. The van der Waals surface area contributed by atoms with Gasteiger partial charge in [-0.15, -0.1) is 11.3 Å². The third-order valence-electron chi connectivity index (χ3n) is 6.65. The van der Waals surface area contributed by atoms with Crippen molar-refractivity contribution >= 4 is 34.5 Å². The predicted octanol–water partition coefficient (Wildman–Crippen LogP) is 6.49. The summed E-state index contributed by atoms with van der Waals surface area (Å²) in [5.74, 6) is -1.62. The number of nitrogens with zero attached hydrogens (tertiary/aromatic N) is 3. The smallest absolute Gasteiger partial charge is 0.433 e. The van der Waals surface area contributed by atoms with Crippen LogP contribution in [-0.2, 0) is 16.6 Å². The van der Waals surface area contributed by atoms with Crippen molar-refractivity contribution in [2.24, 2.45) is 11.3 Å². The van der Waals surface area contributed by atoms with Crippen LogP contribution in [0.1, 0.15) is 56.3 Å². The highest BCUT2D eigenvalue weighted by atomic mass is 32.1. The van der Waals surface area contributed by atoms with Gasteiger partial charge in [0.2, 0.25) is 5.95 Å². The lowest BCUT2D eigenvalue weighted by atomic mass is 9.63. The minimum absolute atomic E-state index is 0.198. The lowest BCUT2D eigenvalue weighted by Crippen LogP contribution is -2.44. The number of benzene rings is 1. The Morgan fingerprint density at radius 2 is 1.97 bits per heavy atom. The number of halogens is 3. The molecule has 1 fully saturated rings. The lowest BCUT2D eigenvalue weighted by Gasteiger charge is -2.44. The number of alkyl halides is 3. The van der Waals surface area contributed by atoms with Crippen molar-refractivity contribution in [3.05, 3.63) is 59.5 Å². The van der Waals surface area contributed by atoms with Gasteiger partial charge in [0, 0.05) is 18.1 Å². The molecule has 3 N–H and O–H groups in total. The first-order valence-electron chi connectivity index (χ1n) is 11.6. The quantitative estimate of drug-likeness (QED) is 0.333. The molecule has 7 nitrogen and oxygen atoms in total. The number of thiazole rings is 1. The number of anilines is 2. The topological polar surface area (TPSA) is 108 Å². The third-order valence-corrected chi connectivity index (χ3v) is 7.89. The predicted molar refractivity (Wildman–Crippen MR) is 135 cm³/mol. The van der Waals surface area contributed by atoms with Crippen molar-refractivity contribution in [2.45, 2.75) is 51.8 Å². The fourth-order valence-corrected chi connectivity index (χ4v) is 5.82. The van der Waals surface area contributed by atoms with Crippen LogP contribution in [0.25, 0.3) is 16.0 Å². The molecule has 3 aromatic rings. The van der Waals surface area contributed by atoms with E-state index in [1.165, 1.54) is 11.3 Å². The van der Waals surface area contributed by atoms with Crippen LogP contribution in [-0.4, -0.2) is 31.1 Å². The van der Waals surface area contributed by atoms with E-state index < -0.39 is 34.8 Å². The summed E-state index contributed by atoms with van der Waals surface area (Å²) in [6.45, 7) is 9.47. The molecule has 0 radical (unpaired) electrons. The van der Waals surface area contributed by atoms with E-state index in [4.69, 9.17) is 0 Å². The first kappa shape index (κ1) is 26.7. The Hall–Kier alpha value is -3.31. The number of aliphatic hydroxyl groups is 1. The van der Waals surface area contributed by atoms with Crippen LogP contribution >= 0.6 is 11.3 Å². The molecule has 2 atom stereocenters. The maximum absolute atomic E-state index is 13.1. The van der Waals surface area contributed by atoms with Crippen molar-refractivity contribution in [3.8, 4) is 10.4 Å². The van der Waals surface area contributed by atoms with Gasteiger partial charge in [-0.25, -0.2) is 15.0 Å². The average Bonchev–Trinajstić information content (AvgIpc) is 3.29. The molecular formula is C26H27F3N4O3S. The second-order valence-electron chi connectivity index (χ2n) is 10.1. The van der Waals surface area contributed by atoms with E-state index in [-0.39, 0.29) is 18.8 Å². The Balaban J connectivity index is 1.65. The molecule has 0 aliphatic heterocycles. The van der Waals surface area contributed by atoms with E-state index in [9.17, 15) is 28.2 Å². The maximum atomic E-state index is 13.1. The lowest BCUT2D eigenvalue weighted by molar-refractivity contribution is -0.154. The highest BCUT2D eigenvalue weighted by molar-refractivity contribution is 7.15. The van der Waals surface area contributed by atoms with Crippen LogP contribution in [0.15, 0.2) is 43.2 Å².